The fourth-order valence-corrected chi connectivity index (χ4v) is 5.69. The minimum absolute atomic E-state index is 0.0834. The Bertz CT molecular complexity index is 1050. The van der Waals surface area contributed by atoms with Crippen molar-refractivity contribution in [2.24, 2.45) is 0 Å². The van der Waals surface area contributed by atoms with E-state index in [1.807, 2.05) is 24.3 Å². The summed E-state index contributed by atoms with van der Waals surface area (Å²) >= 11 is 0. The molecule has 6 nitrogen and oxygen atoms in total. The molecule has 2 aromatic carbocycles. The standard InChI is InChI=1S/C26H36N2O4S/c1-20-9-10-21(19-24(20)33(30,31)28-16-7-5-6-8-17-28)25(29)27-15-18-32-23-13-11-22(12-14-23)26(2,3)4/h9-14,19H,5-8,15-18H2,1-4H3,(H,27,29). The molecule has 33 heavy (non-hydrogen) atoms. The van der Waals surface area contributed by atoms with Crippen LogP contribution in [-0.2, 0) is 15.4 Å². The summed E-state index contributed by atoms with van der Waals surface area (Å²) in [5.74, 6) is 0.437. The number of nitrogens with one attached hydrogen (secondary N) is 1. The van der Waals surface area contributed by atoms with Crippen LogP contribution in [0, 0.1) is 6.92 Å². The zero-order chi connectivity index (χ0) is 24.1. The molecule has 1 aliphatic rings. The molecule has 1 N–H and O–H groups in total. The highest BCUT2D eigenvalue weighted by atomic mass is 32.2. The third-order valence-electron chi connectivity index (χ3n) is 6.01. The highest BCUT2D eigenvalue weighted by Gasteiger charge is 2.27. The topological polar surface area (TPSA) is 75.7 Å². The first kappa shape index (κ1) is 25.2. The van der Waals surface area contributed by atoms with Gasteiger partial charge in [0.05, 0.1) is 11.4 Å². The van der Waals surface area contributed by atoms with Gasteiger partial charge in [-0.05, 0) is 60.6 Å². The number of rotatable bonds is 7. The fraction of sp³-hybridized carbons (Fsp3) is 0.500. The van der Waals surface area contributed by atoms with Gasteiger partial charge in [0, 0.05) is 18.7 Å². The van der Waals surface area contributed by atoms with Crippen LogP contribution < -0.4 is 10.1 Å². The van der Waals surface area contributed by atoms with E-state index >= 15 is 0 Å². The molecule has 1 heterocycles. The predicted octanol–water partition coefficient (Wildman–Crippen LogP) is 4.67. The van der Waals surface area contributed by atoms with E-state index in [1.165, 1.54) is 11.6 Å². The first-order valence-electron chi connectivity index (χ1n) is 11.7. The van der Waals surface area contributed by atoms with E-state index in [0.717, 1.165) is 31.4 Å². The summed E-state index contributed by atoms with van der Waals surface area (Å²) in [6.07, 6.45) is 3.85. The number of carbonyl (C=O) groups excluding carboxylic acids is 1. The summed E-state index contributed by atoms with van der Waals surface area (Å²) in [4.78, 5) is 12.9. The molecular formula is C26H36N2O4S. The van der Waals surface area contributed by atoms with E-state index in [0.29, 0.717) is 37.4 Å². The second kappa shape index (κ2) is 10.7. The van der Waals surface area contributed by atoms with Crippen molar-refractivity contribution in [2.75, 3.05) is 26.2 Å². The smallest absolute Gasteiger partial charge is 0.251 e. The van der Waals surface area contributed by atoms with Gasteiger partial charge in [-0.15, -0.1) is 0 Å². The lowest BCUT2D eigenvalue weighted by atomic mass is 9.87. The Hall–Kier alpha value is -2.38. The van der Waals surface area contributed by atoms with Crippen molar-refractivity contribution in [2.45, 2.75) is 63.7 Å². The number of carbonyl (C=O) groups is 1. The van der Waals surface area contributed by atoms with E-state index in [-0.39, 0.29) is 16.2 Å². The summed E-state index contributed by atoms with van der Waals surface area (Å²) in [6, 6.07) is 12.8. The first-order valence-corrected chi connectivity index (χ1v) is 13.2. The lowest BCUT2D eigenvalue weighted by molar-refractivity contribution is 0.0946. The normalized spacial score (nSPS) is 15.6. The molecule has 0 unspecified atom stereocenters. The van der Waals surface area contributed by atoms with Crippen LogP contribution >= 0.6 is 0 Å². The Morgan fingerprint density at radius 3 is 2.24 bits per heavy atom. The van der Waals surface area contributed by atoms with Crippen molar-refractivity contribution in [3.63, 3.8) is 0 Å². The molecule has 1 amide bonds. The van der Waals surface area contributed by atoms with Crippen molar-refractivity contribution in [3.8, 4) is 5.75 Å². The van der Waals surface area contributed by atoms with Gasteiger partial charge in [0.2, 0.25) is 10.0 Å². The third kappa shape index (κ3) is 6.58. The van der Waals surface area contributed by atoms with Crippen LogP contribution in [-0.4, -0.2) is 44.9 Å². The van der Waals surface area contributed by atoms with E-state index in [2.05, 4.69) is 26.1 Å². The molecule has 0 aliphatic carbocycles. The molecule has 0 saturated carbocycles. The number of hydrogen-bond acceptors (Lipinski definition) is 4. The number of benzene rings is 2. The highest BCUT2D eigenvalue weighted by molar-refractivity contribution is 7.89. The minimum Gasteiger partial charge on any atom is -0.492 e. The van der Waals surface area contributed by atoms with Crippen molar-refractivity contribution in [1.82, 2.24) is 9.62 Å². The zero-order valence-electron chi connectivity index (χ0n) is 20.2. The van der Waals surface area contributed by atoms with E-state index in [1.54, 1.807) is 23.4 Å². The second-order valence-electron chi connectivity index (χ2n) is 9.68. The van der Waals surface area contributed by atoms with Gasteiger partial charge in [-0.3, -0.25) is 4.79 Å². The Kier molecular flexibility index (Phi) is 8.19. The Morgan fingerprint density at radius 1 is 1.00 bits per heavy atom. The quantitative estimate of drug-likeness (QED) is 0.595. The van der Waals surface area contributed by atoms with Gasteiger partial charge in [-0.25, -0.2) is 8.42 Å². The molecule has 3 rings (SSSR count). The molecule has 0 radical (unpaired) electrons. The van der Waals surface area contributed by atoms with E-state index in [9.17, 15) is 13.2 Å². The maximum atomic E-state index is 13.2. The van der Waals surface area contributed by atoms with Gasteiger partial charge in [-0.2, -0.15) is 4.31 Å². The largest absolute Gasteiger partial charge is 0.492 e. The SMILES string of the molecule is Cc1ccc(C(=O)NCCOc2ccc(C(C)(C)C)cc2)cc1S(=O)(=O)N1CCCCCC1. The van der Waals surface area contributed by atoms with Gasteiger partial charge in [0.15, 0.2) is 0 Å². The molecule has 2 aromatic rings. The summed E-state index contributed by atoms with van der Waals surface area (Å²) in [5, 5.41) is 2.82. The predicted molar refractivity (Wildman–Crippen MR) is 131 cm³/mol. The fourth-order valence-electron chi connectivity index (χ4n) is 3.93. The van der Waals surface area contributed by atoms with Crippen LogP contribution in [0.4, 0.5) is 0 Å². The molecular weight excluding hydrogens is 436 g/mol. The maximum absolute atomic E-state index is 13.2. The Balaban J connectivity index is 1.59. The van der Waals surface area contributed by atoms with Crippen LogP contribution in [0.25, 0.3) is 0 Å². The van der Waals surface area contributed by atoms with Gasteiger partial charge in [0.25, 0.3) is 5.91 Å². The van der Waals surface area contributed by atoms with Gasteiger partial charge in [0.1, 0.15) is 12.4 Å². The number of ether oxygens (including phenoxy) is 1. The van der Waals surface area contributed by atoms with Gasteiger partial charge >= 0.3 is 0 Å². The molecule has 0 atom stereocenters. The van der Waals surface area contributed by atoms with Crippen molar-refractivity contribution in [1.29, 1.82) is 0 Å². The second-order valence-corrected chi connectivity index (χ2v) is 11.6. The van der Waals surface area contributed by atoms with Gasteiger partial charge in [-0.1, -0.05) is 51.8 Å². The average Bonchev–Trinajstić information content (AvgIpc) is 3.07. The molecule has 180 valence electrons. The molecule has 7 heteroatoms. The summed E-state index contributed by atoms with van der Waals surface area (Å²) in [5.41, 5.74) is 2.30. The summed E-state index contributed by atoms with van der Waals surface area (Å²) in [7, 11) is -3.62. The molecule has 1 fully saturated rings. The molecule has 0 bridgehead atoms. The molecule has 1 aliphatic heterocycles. The van der Waals surface area contributed by atoms with Crippen molar-refractivity contribution >= 4 is 15.9 Å². The summed E-state index contributed by atoms with van der Waals surface area (Å²) in [6.45, 7) is 9.97. The van der Waals surface area contributed by atoms with Crippen molar-refractivity contribution in [3.05, 3.63) is 59.2 Å². The lowest BCUT2D eigenvalue weighted by Crippen LogP contribution is -2.33. The number of nitrogens with zero attached hydrogens (tertiary/aromatic N) is 1. The maximum Gasteiger partial charge on any atom is 0.251 e. The van der Waals surface area contributed by atoms with Crippen LogP contribution in [0.15, 0.2) is 47.4 Å². The van der Waals surface area contributed by atoms with Crippen LogP contribution in [0.3, 0.4) is 0 Å². The lowest BCUT2D eigenvalue weighted by Gasteiger charge is -2.21. The van der Waals surface area contributed by atoms with Crippen LogP contribution in [0.5, 0.6) is 5.75 Å². The molecule has 0 aromatic heterocycles. The van der Waals surface area contributed by atoms with E-state index < -0.39 is 10.0 Å². The highest BCUT2D eigenvalue weighted by Crippen LogP contribution is 2.25. The number of aryl methyl sites for hydroxylation is 1. The Labute approximate surface area is 198 Å². The first-order chi connectivity index (χ1) is 15.6. The zero-order valence-corrected chi connectivity index (χ0v) is 21.0. The van der Waals surface area contributed by atoms with Crippen LogP contribution in [0.1, 0.15) is 67.9 Å². The Morgan fingerprint density at radius 2 is 1.64 bits per heavy atom. The molecule has 1 saturated heterocycles. The van der Waals surface area contributed by atoms with E-state index in [4.69, 9.17) is 4.74 Å². The average molecular weight is 473 g/mol. The third-order valence-corrected chi connectivity index (χ3v) is 8.05. The number of amides is 1. The van der Waals surface area contributed by atoms with Gasteiger partial charge < -0.3 is 10.1 Å². The number of hydrogen-bond donors (Lipinski definition) is 1. The minimum atomic E-state index is -3.62. The van der Waals surface area contributed by atoms with Crippen LogP contribution in [0.2, 0.25) is 0 Å². The summed E-state index contributed by atoms with van der Waals surface area (Å²) < 4.78 is 33.7. The number of sulfonamides is 1. The molecule has 0 spiro atoms. The van der Waals surface area contributed by atoms with Crippen molar-refractivity contribution < 1.29 is 17.9 Å². The monoisotopic (exact) mass is 472 g/mol.